The molecule has 1 N–H and O–H groups in total. The first kappa shape index (κ1) is 17.2. The van der Waals surface area contributed by atoms with Gasteiger partial charge in [-0.25, -0.2) is 4.68 Å². The number of rotatable bonds is 3. The van der Waals surface area contributed by atoms with Crippen molar-refractivity contribution < 1.29 is 4.42 Å². The van der Waals surface area contributed by atoms with Crippen LogP contribution in [-0.4, -0.2) is 9.78 Å². The zero-order chi connectivity index (χ0) is 19.0. The van der Waals surface area contributed by atoms with Gasteiger partial charge in [0.25, 0.3) is 5.56 Å². The molecule has 2 aromatic heterocycles. The van der Waals surface area contributed by atoms with E-state index in [1.807, 2.05) is 67.6 Å². The van der Waals surface area contributed by atoms with Crippen LogP contribution in [-0.2, 0) is 0 Å². The lowest BCUT2D eigenvalue weighted by Gasteiger charge is -2.00. The standard InChI is InChI=1S/C22H17ClN2O2/c1-14-8-9-16(12-20(14)23)21-11-10-18(27-21)13-19-15(2)24-25(22(19)26)17-6-4-3-5-7-17/h3-13,24H,2H2,1H3/b19-13-. The van der Waals surface area contributed by atoms with Crippen LogP contribution in [0.25, 0.3) is 29.7 Å². The van der Waals surface area contributed by atoms with E-state index < -0.39 is 0 Å². The third-order valence-electron chi connectivity index (χ3n) is 4.39. The van der Waals surface area contributed by atoms with Gasteiger partial charge in [0, 0.05) is 10.6 Å². The summed E-state index contributed by atoms with van der Waals surface area (Å²) in [7, 11) is 0. The fourth-order valence-corrected chi connectivity index (χ4v) is 3.06. The molecule has 0 fully saturated rings. The summed E-state index contributed by atoms with van der Waals surface area (Å²) in [6.07, 6.45) is 1.69. The number of hydrogen-bond acceptors (Lipinski definition) is 2. The molecule has 4 nitrogen and oxygen atoms in total. The number of aryl methyl sites for hydroxylation is 1. The fourth-order valence-electron chi connectivity index (χ4n) is 2.88. The molecule has 2 aromatic carbocycles. The molecule has 0 aliphatic heterocycles. The highest BCUT2D eigenvalue weighted by atomic mass is 35.5. The van der Waals surface area contributed by atoms with E-state index in [0.29, 0.717) is 27.1 Å². The minimum Gasteiger partial charge on any atom is -0.457 e. The van der Waals surface area contributed by atoms with Crippen LogP contribution in [0.1, 0.15) is 11.3 Å². The predicted octanol–water partition coefficient (Wildman–Crippen LogP) is 3.63. The van der Waals surface area contributed by atoms with E-state index >= 15 is 0 Å². The van der Waals surface area contributed by atoms with Gasteiger partial charge in [-0.2, -0.15) is 0 Å². The SMILES string of the molecule is C=c1[nH]n(-c2ccccc2)c(=O)/c1=C\c1ccc(-c2ccc(C)c(Cl)c2)o1. The Hall–Kier alpha value is -3.24. The largest absolute Gasteiger partial charge is 0.457 e. The first-order valence-electron chi connectivity index (χ1n) is 8.46. The average Bonchev–Trinajstić information content (AvgIpc) is 3.25. The Balaban J connectivity index is 1.76. The maximum absolute atomic E-state index is 12.8. The lowest BCUT2D eigenvalue weighted by Crippen LogP contribution is -2.33. The van der Waals surface area contributed by atoms with Gasteiger partial charge in [0.1, 0.15) is 11.5 Å². The van der Waals surface area contributed by atoms with E-state index in [-0.39, 0.29) is 5.56 Å². The topological polar surface area (TPSA) is 50.9 Å². The molecule has 0 bridgehead atoms. The van der Waals surface area contributed by atoms with Crippen molar-refractivity contribution in [2.45, 2.75) is 6.92 Å². The average molecular weight is 377 g/mol. The van der Waals surface area contributed by atoms with Gasteiger partial charge in [-0.3, -0.25) is 9.89 Å². The van der Waals surface area contributed by atoms with Crippen molar-refractivity contribution in [3.05, 3.63) is 97.9 Å². The normalized spacial score (nSPS) is 11.9. The molecule has 0 aliphatic rings. The number of furan rings is 1. The van der Waals surface area contributed by atoms with E-state index in [0.717, 1.165) is 16.8 Å². The zero-order valence-electron chi connectivity index (χ0n) is 14.7. The van der Waals surface area contributed by atoms with Crippen molar-refractivity contribution in [3.8, 4) is 17.0 Å². The minimum atomic E-state index is -0.178. The number of para-hydroxylation sites is 1. The van der Waals surface area contributed by atoms with Crippen molar-refractivity contribution in [3.63, 3.8) is 0 Å². The number of aromatic amines is 1. The van der Waals surface area contributed by atoms with E-state index in [1.54, 1.807) is 6.08 Å². The van der Waals surface area contributed by atoms with Crippen LogP contribution < -0.4 is 16.1 Å². The second-order valence-corrected chi connectivity index (χ2v) is 6.70. The van der Waals surface area contributed by atoms with Crippen LogP contribution in [0.2, 0.25) is 5.02 Å². The van der Waals surface area contributed by atoms with Gasteiger partial charge < -0.3 is 4.42 Å². The monoisotopic (exact) mass is 376 g/mol. The molecule has 0 unspecified atom stereocenters. The maximum Gasteiger partial charge on any atom is 0.279 e. The molecule has 2 heterocycles. The smallest absolute Gasteiger partial charge is 0.279 e. The van der Waals surface area contributed by atoms with Crippen LogP contribution in [0, 0.1) is 6.92 Å². The van der Waals surface area contributed by atoms with Crippen LogP contribution in [0.5, 0.6) is 0 Å². The number of benzene rings is 2. The number of aromatic nitrogens is 2. The van der Waals surface area contributed by atoms with Crippen molar-refractivity contribution in [1.29, 1.82) is 0 Å². The van der Waals surface area contributed by atoms with Crippen molar-refractivity contribution >= 4 is 24.3 Å². The quantitative estimate of drug-likeness (QED) is 0.593. The summed E-state index contributed by atoms with van der Waals surface area (Å²) in [5.41, 5.74) is 2.47. The van der Waals surface area contributed by atoms with Gasteiger partial charge in [0.05, 0.1) is 16.3 Å². The minimum absolute atomic E-state index is 0.178. The van der Waals surface area contributed by atoms with Crippen LogP contribution in [0.4, 0.5) is 0 Å². The molecular formula is C22H17ClN2O2. The van der Waals surface area contributed by atoms with Crippen LogP contribution in [0.15, 0.2) is 69.9 Å². The van der Waals surface area contributed by atoms with E-state index in [4.69, 9.17) is 16.0 Å². The summed E-state index contributed by atoms with van der Waals surface area (Å²) in [5, 5.41) is 4.68. The zero-order valence-corrected chi connectivity index (χ0v) is 15.5. The van der Waals surface area contributed by atoms with Crippen LogP contribution >= 0.6 is 11.6 Å². The van der Waals surface area contributed by atoms with E-state index in [9.17, 15) is 4.79 Å². The summed E-state index contributed by atoms with van der Waals surface area (Å²) >= 11 is 6.20. The van der Waals surface area contributed by atoms with Gasteiger partial charge in [-0.1, -0.05) is 48.5 Å². The first-order valence-corrected chi connectivity index (χ1v) is 8.84. The van der Waals surface area contributed by atoms with Gasteiger partial charge in [0.15, 0.2) is 0 Å². The van der Waals surface area contributed by atoms with E-state index in [1.165, 1.54) is 4.68 Å². The molecule has 5 heteroatoms. The molecule has 4 aromatic rings. The number of nitrogens with one attached hydrogen (secondary N) is 1. The summed E-state index contributed by atoms with van der Waals surface area (Å²) in [6.45, 7) is 5.89. The van der Waals surface area contributed by atoms with Gasteiger partial charge in [-0.05, 0) is 48.9 Å². The van der Waals surface area contributed by atoms with Gasteiger partial charge >= 0.3 is 0 Å². The van der Waals surface area contributed by atoms with E-state index in [2.05, 4.69) is 11.7 Å². The third-order valence-corrected chi connectivity index (χ3v) is 4.80. The Kier molecular flexibility index (Phi) is 4.34. The molecule has 0 saturated heterocycles. The number of halogens is 1. The lowest BCUT2D eigenvalue weighted by atomic mass is 10.1. The molecule has 27 heavy (non-hydrogen) atoms. The molecule has 0 aliphatic carbocycles. The number of hydrogen-bond donors (Lipinski definition) is 1. The maximum atomic E-state index is 12.8. The molecule has 134 valence electrons. The first-order chi connectivity index (χ1) is 13.0. The Labute approximate surface area is 160 Å². The van der Waals surface area contributed by atoms with Crippen molar-refractivity contribution in [1.82, 2.24) is 9.78 Å². The molecule has 0 atom stereocenters. The molecule has 0 amide bonds. The lowest BCUT2D eigenvalue weighted by molar-refractivity contribution is 0.571. The van der Waals surface area contributed by atoms with Gasteiger partial charge in [-0.15, -0.1) is 0 Å². The van der Waals surface area contributed by atoms with Crippen LogP contribution in [0.3, 0.4) is 0 Å². The third kappa shape index (κ3) is 3.27. The summed E-state index contributed by atoms with van der Waals surface area (Å²) in [4.78, 5) is 12.8. The second-order valence-electron chi connectivity index (χ2n) is 6.29. The van der Waals surface area contributed by atoms with Gasteiger partial charge in [0.2, 0.25) is 0 Å². The van der Waals surface area contributed by atoms with Crippen molar-refractivity contribution in [2.75, 3.05) is 0 Å². The summed E-state index contributed by atoms with van der Waals surface area (Å²) < 4.78 is 7.36. The highest BCUT2D eigenvalue weighted by molar-refractivity contribution is 6.31. The molecule has 4 rings (SSSR count). The second kappa shape index (κ2) is 6.82. The molecule has 0 spiro atoms. The Morgan fingerprint density at radius 1 is 1.11 bits per heavy atom. The predicted molar refractivity (Wildman–Crippen MR) is 109 cm³/mol. The molecular weight excluding hydrogens is 360 g/mol. The Morgan fingerprint density at radius 3 is 2.63 bits per heavy atom. The fraction of sp³-hybridized carbons (Fsp3) is 0.0455. The Bertz CT molecular complexity index is 1280. The number of nitrogens with zero attached hydrogens (tertiary/aromatic N) is 1. The summed E-state index contributed by atoms with van der Waals surface area (Å²) in [6, 6.07) is 18.8. The summed E-state index contributed by atoms with van der Waals surface area (Å²) in [5.74, 6) is 1.26. The highest BCUT2D eigenvalue weighted by Gasteiger charge is 2.08. The highest BCUT2D eigenvalue weighted by Crippen LogP contribution is 2.27. The van der Waals surface area contributed by atoms with Crippen molar-refractivity contribution in [2.24, 2.45) is 0 Å². The molecule has 0 radical (unpaired) electrons. The molecule has 0 saturated carbocycles. The number of H-pyrrole nitrogens is 1. The Morgan fingerprint density at radius 2 is 1.89 bits per heavy atom.